The Morgan fingerprint density at radius 2 is 1.76 bits per heavy atom. The molecule has 1 unspecified atom stereocenters. The van der Waals surface area contributed by atoms with Gasteiger partial charge in [-0.2, -0.15) is 0 Å². The molecular formula is C23H26N2O3S. The number of benzene rings is 3. The summed E-state index contributed by atoms with van der Waals surface area (Å²) in [6, 6.07) is 17.0. The molecule has 29 heavy (non-hydrogen) atoms. The Bertz CT molecular complexity index is 1150. The average molecular weight is 411 g/mol. The first-order chi connectivity index (χ1) is 13.9. The lowest BCUT2D eigenvalue weighted by molar-refractivity contribution is 0.265. The summed E-state index contributed by atoms with van der Waals surface area (Å²) in [6.45, 7) is 0. The van der Waals surface area contributed by atoms with Gasteiger partial charge in [0.05, 0.1) is 17.7 Å². The van der Waals surface area contributed by atoms with E-state index in [0.717, 1.165) is 46.9 Å². The summed E-state index contributed by atoms with van der Waals surface area (Å²) in [5.74, 6) is 0.819. The highest BCUT2D eigenvalue weighted by atomic mass is 32.2. The fraction of sp³-hybridized carbons (Fsp3) is 0.304. The van der Waals surface area contributed by atoms with E-state index in [0.29, 0.717) is 16.6 Å². The third-order valence-corrected chi connectivity index (χ3v) is 7.21. The van der Waals surface area contributed by atoms with Crippen LogP contribution in [0.5, 0.6) is 5.75 Å². The van der Waals surface area contributed by atoms with Gasteiger partial charge in [-0.25, -0.2) is 8.42 Å². The number of ether oxygens (including phenoxy) is 1. The summed E-state index contributed by atoms with van der Waals surface area (Å²) in [5.41, 5.74) is 2.77. The van der Waals surface area contributed by atoms with Gasteiger partial charge >= 0.3 is 0 Å². The van der Waals surface area contributed by atoms with E-state index in [-0.39, 0.29) is 0 Å². The number of methoxy groups -OCH3 is 1. The van der Waals surface area contributed by atoms with Crippen molar-refractivity contribution in [2.75, 3.05) is 25.9 Å². The van der Waals surface area contributed by atoms with Gasteiger partial charge in [0.25, 0.3) is 10.0 Å². The fourth-order valence-electron chi connectivity index (χ4n) is 4.19. The van der Waals surface area contributed by atoms with Crippen molar-refractivity contribution in [2.24, 2.45) is 0 Å². The normalized spacial score (nSPS) is 16.6. The van der Waals surface area contributed by atoms with Crippen LogP contribution in [0.1, 0.15) is 17.5 Å². The molecule has 0 heterocycles. The summed E-state index contributed by atoms with van der Waals surface area (Å²) in [7, 11) is 2.09. The molecule has 0 aromatic heterocycles. The van der Waals surface area contributed by atoms with Crippen LogP contribution >= 0.6 is 0 Å². The lowest BCUT2D eigenvalue weighted by Crippen LogP contribution is -2.34. The maximum absolute atomic E-state index is 13.3. The third kappa shape index (κ3) is 3.70. The predicted octanol–water partition coefficient (Wildman–Crippen LogP) is 4.07. The highest BCUT2D eigenvalue weighted by Gasteiger charge is 2.27. The van der Waals surface area contributed by atoms with Crippen LogP contribution < -0.4 is 9.46 Å². The number of rotatable bonds is 5. The van der Waals surface area contributed by atoms with Crippen LogP contribution in [0.3, 0.4) is 0 Å². The second kappa shape index (κ2) is 7.69. The molecule has 0 amide bonds. The van der Waals surface area contributed by atoms with E-state index in [1.807, 2.05) is 42.5 Å². The average Bonchev–Trinajstić information content (AvgIpc) is 2.73. The molecule has 0 radical (unpaired) electrons. The Labute approximate surface area is 172 Å². The molecule has 152 valence electrons. The SMILES string of the molecule is COc1ccc(NS(=O)(=O)c2cccc3ccccc23)c2c1CC(N(C)C)CC2. The summed E-state index contributed by atoms with van der Waals surface area (Å²) >= 11 is 0. The second-order valence-electron chi connectivity index (χ2n) is 7.72. The maximum Gasteiger partial charge on any atom is 0.262 e. The number of nitrogens with zero attached hydrogens (tertiary/aromatic N) is 1. The molecule has 6 heteroatoms. The molecule has 1 atom stereocenters. The van der Waals surface area contributed by atoms with Gasteiger partial charge in [-0.05, 0) is 62.5 Å². The monoisotopic (exact) mass is 410 g/mol. The minimum absolute atomic E-state index is 0.294. The Kier molecular flexibility index (Phi) is 5.23. The van der Waals surface area contributed by atoms with Crippen molar-refractivity contribution in [3.63, 3.8) is 0 Å². The lowest BCUT2D eigenvalue weighted by Gasteiger charge is -2.32. The van der Waals surface area contributed by atoms with E-state index in [1.54, 1.807) is 19.2 Å². The molecule has 0 fully saturated rings. The first-order valence-corrected chi connectivity index (χ1v) is 11.2. The first kappa shape index (κ1) is 19.7. The molecule has 1 aliphatic rings. The smallest absolute Gasteiger partial charge is 0.262 e. The van der Waals surface area contributed by atoms with Crippen LogP contribution in [-0.2, 0) is 22.9 Å². The fourth-order valence-corrected chi connectivity index (χ4v) is 5.51. The van der Waals surface area contributed by atoms with Crippen LogP contribution in [-0.4, -0.2) is 40.6 Å². The number of fused-ring (bicyclic) bond motifs is 2. The van der Waals surface area contributed by atoms with Crippen LogP contribution in [0.25, 0.3) is 10.8 Å². The van der Waals surface area contributed by atoms with Gasteiger partial charge in [0.2, 0.25) is 0 Å². The Balaban J connectivity index is 1.76. The highest BCUT2D eigenvalue weighted by Crippen LogP contribution is 2.37. The number of hydrogen-bond donors (Lipinski definition) is 1. The summed E-state index contributed by atoms with van der Waals surface area (Å²) in [6.07, 6.45) is 2.63. The molecule has 1 N–H and O–H groups in total. The van der Waals surface area contributed by atoms with E-state index in [9.17, 15) is 8.42 Å². The van der Waals surface area contributed by atoms with Crippen LogP contribution in [0, 0.1) is 0 Å². The minimum atomic E-state index is -3.72. The van der Waals surface area contributed by atoms with Crippen molar-refractivity contribution in [1.29, 1.82) is 0 Å². The quantitative estimate of drug-likeness (QED) is 0.689. The second-order valence-corrected chi connectivity index (χ2v) is 9.37. The van der Waals surface area contributed by atoms with Gasteiger partial charge in [0, 0.05) is 17.0 Å². The van der Waals surface area contributed by atoms with E-state index in [1.165, 1.54) is 0 Å². The molecule has 4 rings (SSSR count). The van der Waals surface area contributed by atoms with Crippen molar-refractivity contribution >= 4 is 26.5 Å². The zero-order valence-corrected chi connectivity index (χ0v) is 17.8. The van der Waals surface area contributed by atoms with E-state index < -0.39 is 10.0 Å². The van der Waals surface area contributed by atoms with Gasteiger partial charge in [0.15, 0.2) is 0 Å². The largest absolute Gasteiger partial charge is 0.496 e. The number of likely N-dealkylation sites (N-methyl/N-ethyl adjacent to an activating group) is 1. The molecule has 5 nitrogen and oxygen atoms in total. The zero-order chi connectivity index (χ0) is 20.6. The Morgan fingerprint density at radius 3 is 2.52 bits per heavy atom. The number of hydrogen-bond acceptors (Lipinski definition) is 4. The van der Waals surface area contributed by atoms with Gasteiger partial charge in [0.1, 0.15) is 5.75 Å². The highest BCUT2D eigenvalue weighted by molar-refractivity contribution is 7.93. The van der Waals surface area contributed by atoms with E-state index in [4.69, 9.17) is 4.74 Å². The van der Waals surface area contributed by atoms with Gasteiger partial charge in [-0.15, -0.1) is 0 Å². The van der Waals surface area contributed by atoms with Crippen molar-refractivity contribution in [1.82, 2.24) is 4.90 Å². The molecule has 3 aromatic carbocycles. The van der Waals surface area contributed by atoms with Crippen molar-refractivity contribution < 1.29 is 13.2 Å². The molecule has 0 saturated carbocycles. The van der Waals surface area contributed by atoms with E-state index in [2.05, 4.69) is 23.7 Å². The molecule has 0 spiro atoms. The van der Waals surface area contributed by atoms with Gasteiger partial charge in [-0.1, -0.05) is 36.4 Å². The predicted molar refractivity (Wildman–Crippen MR) is 117 cm³/mol. The Hall–Kier alpha value is -2.57. The first-order valence-electron chi connectivity index (χ1n) is 9.76. The molecule has 0 aliphatic heterocycles. The summed E-state index contributed by atoms with van der Waals surface area (Å²) < 4.78 is 35.0. The molecule has 0 saturated heterocycles. The summed E-state index contributed by atoms with van der Waals surface area (Å²) in [5, 5.41) is 1.62. The number of sulfonamides is 1. The van der Waals surface area contributed by atoms with Crippen LogP contribution in [0.4, 0.5) is 5.69 Å². The summed E-state index contributed by atoms with van der Waals surface area (Å²) in [4.78, 5) is 2.51. The standard InChI is InChI=1S/C23H26N2O3S/c1-25(2)17-11-12-19-20(15-17)22(28-3)14-13-21(19)24-29(26,27)23-10-6-8-16-7-4-5-9-18(16)23/h4-10,13-14,17,24H,11-12,15H2,1-3H3. The van der Waals surface area contributed by atoms with Gasteiger partial charge in [-0.3, -0.25) is 4.72 Å². The molecule has 1 aliphatic carbocycles. The van der Waals surface area contributed by atoms with Gasteiger partial charge < -0.3 is 9.64 Å². The minimum Gasteiger partial charge on any atom is -0.496 e. The molecule has 3 aromatic rings. The number of anilines is 1. The third-order valence-electron chi connectivity index (χ3n) is 5.79. The van der Waals surface area contributed by atoms with Crippen molar-refractivity contribution in [3.05, 3.63) is 65.7 Å². The maximum atomic E-state index is 13.3. The molecular weight excluding hydrogens is 384 g/mol. The van der Waals surface area contributed by atoms with Crippen LogP contribution in [0.2, 0.25) is 0 Å². The van der Waals surface area contributed by atoms with E-state index >= 15 is 0 Å². The van der Waals surface area contributed by atoms with Crippen LogP contribution in [0.15, 0.2) is 59.5 Å². The zero-order valence-electron chi connectivity index (χ0n) is 17.0. The molecule has 0 bridgehead atoms. The topological polar surface area (TPSA) is 58.6 Å². The van der Waals surface area contributed by atoms with Crippen molar-refractivity contribution in [2.45, 2.75) is 30.2 Å². The lowest BCUT2D eigenvalue weighted by atomic mass is 9.86. The Morgan fingerprint density at radius 1 is 1.00 bits per heavy atom. The van der Waals surface area contributed by atoms with Crippen molar-refractivity contribution in [3.8, 4) is 5.75 Å². The number of nitrogens with one attached hydrogen (secondary N) is 1.